The molecule has 2 aromatic heterocycles. The van der Waals surface area contributed by atoms with E-state index in [2.05, 4.69) is 35.9 Å². The molecule has 4 heterocycles. The number of anilines is 3. The van der Waals surface area contributed by atoms with E-state index in [0.717, 1.165) is 28.4 Å². The van der Waals surface area contributed by atoms with Crippen molar-refractivity contribution in [2.24, 2.45) is 13.0 Å². The predicted molar refractivity (Wildman–Crippen MR) is 149 cm³/mol. The number of benzene rings is 1. The molecule has 12 nitrogen and oxygen atoms in total. The summed E-state index contributed by atoms with van der Waals surface area (Å²) >= 11 is 6.41. The van der Waals surface area contributed by atoms with Gasteiger partial charge in [-0.15, -0.1) is 0 Å². The van der Waals surface area contributed by atoms with Crippen LogP contribution in [-0.2, 0) is 7.05 Å². The summed E-state index contributed by atoms with van der Waals surface area (Å²) in [6.07, 6.45) is 7.52. The van der Waals surface area contributed by atoms with Crippen molar-refractivity contribution in [3.8, 4) is 11.4 Å². The minimum atomic E-state index is -1.19. The van der Waals surface area contributed by atoms with Crippen molar-refractivity contribution in [2.75, 3.05) is 36.9 Å². The molecule has 0 unspecified atom stereocenters. The quantitative estimate of drug-likeness (QED) is 0.349. The summed E-state index contributed by atoms with van der Waals surface area (Å²) in [7, 11) is 1.45. The molecule has 14 heteroatoms. The first-order valence-corrected chi connectivity index (χ1v) is 13.9. The largest absolute Gasteiger partial charge is 0.488 e. The maximum Gasteiger partial charge on any atom is 0.368 e. The first-order chi connectivity index (χ1) is 19.1. The summed E-state index contributed by atoms with van der Waals surface area (Å²) < 4.78 is 22.9. The highest BCUT2D eigenvalue weighted by Gasteiger charge is 2.33. The summed E-state index contributed by atoms with van der Waals surface area (Å²) in [6.45, 7) is 6.03. The Balaban J connectivity index is 1.37. The fraction of sp³-hybridized carbons (Fsp3) is 0.577. The predicted octanol–water partition coefficient (Wildman–Crippen LogP) is 3.12. The molecule has 40 heavy (non-hydrogen) atoms. The molecule has 2 aliphatic rings. The van der Waals surface area contributed by atoms with Gasteiger partial charge in [0.15, 0.2) is 11.6 Å². The summed E-state index contributed by atoms with van der Waals surface area (Å²) in [5.74, 6) is 0.410. The van der Waals surface area contributed by atoms with Crippen molar-refractivity contribution in [3.05, 3.63) is 39.7 Å². The van der Waals surface area contributed by atoms with Gasteiger partial charge >= 0.3 is 5.69 Å². The molecular weight excluding hydrogens is 541 g/mol. The molecule has 2 fully saturated rings. The number of hydrogen-bond acceptors (Lipinski definition) is 10. The molecule has 2 atom stereocenters. The fourth-order valence-corrected chi connectivity index (χ4v) is 5.51. The van der Waals surface area contributed by atoms with E-state index >= 15 is 4.39 Å². The molecule has 3 N–H and O–H groups in total. The second-order valence-electron chi connectivity index (χ2n) is 11.1. The average Bonchev–Trinajstić information content (AvgIpc) is 3.26. The van der Waals surface area contributed by atoms with Crippen LogP contribution in [0.1, 0.15) is 46.0 Å². The van der Waals surface area contributed by atoms with Gasteiger partial charge in [-0.1, -0.05) is 18.0 Å². The number of rotatable bonds is 9. The lowest BCUT2D eigenvalue weighted by molar-refractivity contribution is 0.0283. The van der Waals surface area contributed by atoms with Crippen LogP contribution in [0.25, 0.3) is 5.69 Å². The van der Waals surface area contributed by atoms with Gasteiger partial charge in [-0.3, -0.25) is 0 Å². The molecule has 0 aliphatic carbocycles. The van der Waals surface area contributed by atoms with Crippen molar-refractivity contribution in [1.82, 2.24) is 34.7 Å². The molecule has 3 aromatic rings. The van der Waals surface area contributed by atoms with E-state index in [1.807, 2.05) is 0 Å². The summed E-state index contributed by atoms with van der Waals surface area (Å²) in [4.78, 5) is 23.9. The van der Waals surface area contributed by atoms with E-state index < -0.39 is 17.1 Å². The van der Waals surface area contributed by atoms with Crippen molar-refractivity contribution < 1.29 is 14.2 Å². The van der Waals surface area contributed by atoms with Crippen LogP contribution >= 0.6 is 11.6 Å². The zero-order valence-electron chi connectivity index (χ0n) is 22.9. The van der Waals surface area contributed by atoms with Gasteiger partial charge in [0.25, 0.3) is 0 Å². The Labute approximate surface area is 236 Å². The maximum absolute atomic E-state index is 15.3. The zero-order chi connectivity index (χ0) is 28.4. The fourth-order valence-electron chi connectivity index (χ4n) is 5.35. The number of aryl methyl sites for hydroxylation is 1. The van der Waals surface area contributed by atoms with Crippen LogP contribution < -0.4 is 21.1 Å². The number of piperidine rings is 2. The standard InChI is InChI=1S/C26H35ClFN9O3/c1-26(2,39)15-40-22-11-18(28)19(12-21(22)37-25(38)35(3)33-34-37)31-24-30-14-17(27)23(32-24)29-13-16-7-6-10-36-9-5-4-8-20(16)36/h11-12,14,16,20,39H,4-10,13,15H2,1-3H3,(H2,29,30,31,32)/t16-,20+/m0/s1. The van der Waals surface area contributed by atoms with Crippen LogP contribution in [0.4, 0.5) is 21.8 Å². The molecule has 0 amide bonds. The third-order valence-electron chi connectivity index (χ3n) is 7.33. The highest BCUT2D eigenvalue weighted by atomic mass is 35.5. The first kappa shape index (κ1) is 28.2. The Bertz CT molecular complexity index is 1410. The normalized spacial score (nSPS) is 19.8. The number of nitrogens with zero attached hydrogens (tertiary/aromatic N) is 7. The Hall–Kier alpha value is -3.29. The highest BCUT2D eigenvalue weighted by Crippen LogP contribution is 2.33. The Kier molecular flexibility index (Phi) is 8.24. The van der Waals surface area contributed by atoms with Gasteiger partial charge in [0.1, 0.15) is 23.1 Å². The van der Waals surface area contributed by atoms with E-state index in [1.165, 1.54) is 58.1 Å². The van der Waals surface area contributed by atoms with E-state index in [1.54, 1.807) is 13.8 Å². The molecular formula is C26H35ClFN9O3. The Morgan fingerprint density at radius 3 is 2.75 bits per heavy atom. The molecule has 0 bridgehead atoms. The van der Waals surface area contributed by atoms with Crippen LogP contribution in [0, 0.1) is 11.7 Å². The molecule has 216 valence electrons. The third kappa shape index (κ3) is 6.37. The van der Waals surface area contributed by atoms with E-state index in [9.17, 15) is 9.90 Å². The number of nitrogens with one attached hydrogen (secondary N) is 2. The van der Waals surface area contributed by atoms with Crippen LogP contribution in [0.15, 0.2) is 23.1 Å². The van der Waals surface area contributed by atoms with Crippen molar-refractivity contribution in [1.29, 1.82) is 0 Å². The second-order valence-corrected chi connectivity index (χ2v) is 11.5. The summed E-state index contributed by atoms with van der Waals surface area (Å²) in [5.41, 5.74) is -1.63. The first-order valence-electron chi connectivity index (χ1n) is 13.5. The van der Waals surface area contributed by atoms with Crippen LogP contribution in [0.5, 0.6) is 5.75 Å². The number of aromatic nitrogens is 6. The van der Waals surface area contributed by atoms with E-state index in [-0.39, 0.29) is 29.7 Å². The van der Waals surface area contributed by atoms with E-state index in [4.69, 9.17) is 16.3 Å². The van der Waals surface area contributed by atoms with Crippen LogP contribution in [0.3, 0.4) is 0 Å². The molecule has 2 saturated heterocycles. The number of aliphatic hydroxyl groups is 1. The minimum absolute atomic E-state index is 0.0105. The number of ether oxygens (including phenoxy) is 1. The zero-order valence-corrected chi connectivity index (χ0v) is 23.7. The SMILES string of the molecule is Cn1nnn(-c2cc(Nc3ncc(Cl)c(NC[C@@H]4CCCN5CCCC[C@H]45)n3)c(F)cc2OCC(C)(C)O)c1=O. The molecule has 0 spiro atoms. The number of fused-ring (bicyclic) bond motifs is 1. The van der Waals surface area contributed by atoms with E-state index in [0.29, 0.717) is 22.8 Å². The van der Waals surface area contributed by atoms with Crippen molar-refractivity contribution >= 4 is 29.1 Å². The van der Waals surface area contributed by atoms with Crippen LogP contribution in [-0.4, -0.2) is 77.6 Å². The molecule has 2 aliphatic heterocycles. The molecule has 1 aromatic carbocycles. The van der Waals surface area contributed by atoms with Gasteiger partial charge in [0.2, 0.25) is 5.95 Å². The summed E-state index contributed by atoms with van der Waals surface area (Å²) in [6, 6.07) is 3.04. The summed E-state index contributed by atoms with van der Waals surface area (Å²) in [5, 5.41) is 24.3. The second kappa shape index (κ2) is 11.7. The lowest BCUT2D eigenvalue weighted by Gasteiger charge is -2.44. The van der Waals surface area contributed by atoms with Gasteiger partial charge in [-0.05, 0) is 75.0 Å². The third-order valence-corrected chi connectivity index (χ3v) is 7.61. The minimum Gasteiger partial charge on any atom is -0.488 e. The number of tetrazole rings is 1. The molecule has 0 radical (unpaired) electrons. The topological polar surface area (TPSA) is 135 Å². The van der Waals surface area contributed by atoms with Crippen molar-refractivity contribution in [2.45, 2.75) is 57.6 Å². The van der Waals surface area contributed by atoms with Crippen LogP contribution in [0.2, 0.25) is 5.02 Å². The Morgan fingerprint density at radius 2 is 2.00 bits per heavy atom. The molecule has 5 rings (SSSR count). The van der Waals surface area contributed by atoms with Gasteiger partial charge in [-0.25, -0.2) is 14.2 Å². The monoisotopic (exact) mass is 575 g/mol. The maximum atomic E-state index is 15.3. The van der Waals surface area contributed by atoms with Gasteiger partial charge in [0.05, 0.1) is 17.5 Å². The lowest BCUT2D eigenvalue weighted by atomic mass is 9.83. The number of halogens is 2. The lowest BCUT2D eigenvalue weighted by Crippen LogP contribution is -2.49. The van der Waals surface area contributed by atoms with Gasteiger partial charge < -0.3 is 25.4 Å². The molecule has 0 saturated carbocycles. The Morgan fingerprint density at radius 1 is 1.20 bits per heavy atom. The van der Waals surface area contributed by atoms with Crippen molar-refractivity contribution in [3.63, 3.8) is 0 Å². The van der Waals surface area contributed by atoms with Gasteiger partial charge in [-0.2, -0.15) is 14.3 Å². The highest BCUT2D eigenvalue weighted by molar-refractivity contribution is 6.32. The smallest absolute Gasteiger partial charge is 0.368 e. The number of hydrogen-bond donors (Lipinski definition) is 3. The average molecular weight is 576 g/mol. The van der Waals surface area contributed by atoms with Gasteiger partial charge in [0, 0.05) is 25.7 Å².